The van der Waals surface area contributed by atoms with Gasteiger partial charge in [-0.3, -0.25) is 4.79 Å². The third-order valence-electron chi connectivity index (χ3n) is 5.38. The van der Waals surface area contributed by atoms with Gasteiger partial charge in [0.1, 0.15) is 0 Å². The molecule has 0 aliphatic carbocycles. The third kappa shape index (κ3) is 5.68. The molecule has 1 aromatic heterocycles. The van der Waals surface area contributed by atoms with Gasteiger partial charge in [0.05, 0.1) is 34.3 Å². The quantitative estimate of drug-likeness (QED) is 0.260. The molecule has 0 saturated carbocycles. The average Bonchev–Trinajstić information content (AvgIpc) is 2.86. The summed E-state index contributed by atoms with van der Waals surface area (Å²) < 4.78 is 5.39. The molecule has 0 aliphatic heterocycles. The Labute approximate surface area is 208 Å². The maximum Gasteiger partial charge on any atom is 0.339 e. The Morgan fingerprint density at radius 2 is 1.80 bits per heavy atom. The molecule has 4 aromatic rings. The number of hydrogen-bond donors (Lipinski definition) is 1. The molecular weight excluding hydrogens is 458 g/mol. The summed E-state index contributed by atoms with van der Waals surface area (Å²) in [4.78, 5) is 31.1. The first-order chi connectivity index (χ1) is 17.0. The summed E-state index contributed by atoms with van der Waals surface area (Å²) in [5, 5.41) is 12.2. The number of nitrogens with zero attached hydrogens (tertiary/aromatic N) is 2. The molecule has 0 spiro atoms. The van der Waals surface area contributed by atoms with E-state index in [-0.39, 0.29) is 5.75 Å². The second-order valence-corrected chi connectivity index (χ2v) is 8.98. The predicted molar refractivity (Wildman–Crippen MR) is 138 cm³/mol. The highest BCUT2D eigenvalue weighted by Crippen LogP contribution is 2.29. The van der Waals surface area contributed by atoms with Gasteiger partial charge < -0.3 is 10.1 Å². The van der Waals surface area contributed by atoms with E-state index in [4.69, 9.17) is 15.0 Å². The van der Waals surface area contributed by atoms with Crippen molar-refractivity contribution in [3.05, 3.63) is 89.5 Å². The number of nitrogens with one attached hydrogen (secondary N) is 1. The lowest BCUT2D eigenvalue weighted by molar-refractivity contribution is -0.119. The van der Waals surface area contributed by atoms with Gasteiger partial charge >= 0.3 is 5.97 Å². The molecule has 35 heavy (non-hydrogen) atoms. The number of esters is 1. The number of nitriles is 1. The number of rotatable bonds is 7. The summed E-state index contributed by atoms with van der Waals surface area (Å²) in [7, 11) is 0. The van der Waals surface area contributed by atoms with E-state index in [0.717, 1.165) is 21.6 Å². The minimum absolute atomic E-state index is 0.264. The van der Waals surface area contributed by atoms with Gasteiger partial charge in [0, 0.05) is 15.8 Å². The SMILES string of the molecule is Cc1ccc(-c2cc(C(=O)OCC(=O)Nc3ccccc3SCC#N)c3ccccc3n2)c(C)c1. The normalized spacial score (nSPS) is 10.5. The Morgan fingerprint density at radius 1 is 1.03 bits per heavy atom. The highest BCUT2D eigenvalue weighted by atomic mass is 32.2. The Hall–Kier alpha value is -4.15. The molecule has 3 aromatic carbocycles. The first-order valence-electron chi connectivity index (χ1n) is 11.0. The van der Waals surface area contributed by atoms with Gasteiger partial charge in [0.25, 0.3) is 5.91 Å². The minimum Gasteiger partial charge on any atom is -0.452 e. The maximum atomic E-state index is 13.1. The number of para-hydroxylation sites is 2. The van der Waals surface area contributed by atoms with Crippen molar-refractivity contribution in [3.63, 3.8) is 0 Å². The number of amides is 1. The topological polar surface area (TPSA) is 92.1 Å². The first kappa shape index (κ1) is 24.0. The summed E-state index contributed by atoms with van der Waals surface area (Å²) in [6, 6.07) is 24.4. The number of fused-ring (bicyclic) bond motifs is 1. The molecule has 0 aliphatic rings. The number of anilines is 1. The summed E-state index contributed by atoms with van der Waals surface area (Å²) in [5.74, 6) is -0.798. The van der Waals surface area contributed by atoms with Gasteiger partial charge in [-0.25, -0.2) is 9.78 Å². The number of aryl methyl sites for hydroxylation is 2. The van der Waals surface area contributed by atoms with Crippen molar-refractivity contribution >= 4 is 40.2 Å². The molecule has 0 atom stereocenters. The fourth-order valence-corrected chi connectivity index (χ4v) is 4.45. The van der Waals surface area contributed by atoms with E-state index in [1.165, 1.54) is 11.8 Å². The molecule has 1 amide bonds. The van der Waals surface area contributed by atoms with Gasteiger partial charge in [-0.1, -0.05) is 54.1 Å². The van der Waals surface area contributed by atoms with E-state index in [1.807, 2.05) is 62.4 Å². The van der Waals surface area contributed by atoms with Crippen LogP contribution < -0.4 is 5.32 Å². The molecule has 0 bridgehead atoms. The van der Waals surface area contributed by atoms with Gasteiger partial charge in [0.2, 0.25) is 0 Å². The van der Waals surface area contributed by atoms with Crippen molar-refractivity contribution in [2.45, 2.75) is 18.7 Å². The first-order valence-corrected chi connectivity index (χ1v) is 12.0. The predicted octanol–water partition coefficient (Wildman–Crippen LogP) is 5.93. The molecule has 0 unspecified atom stereocenters. The van der Waals surface area contributed by atoms with Gasteiger partial charge in [0.15, 0.2) is 6.61 Å². The monoisotopic (exact) mass is 481 g/mol. The summed E-state index contributed by atoms with van der Waals surface area (Å²) in [6.07, 6.45) is 0. The fraction of sp³-hybridized carbons (Fsp3) is 0.143. The zero-order chi connectivity index (χ0) is 24.8. The number of hydrogen-bond acceptors (Lipinski definition) is 6. The van der Waals surface area contributed by atoms with Crippen molar-refractivity contribution < 1.29 is 14.3 Å². The Bertz CT molecular complexity index is 1460. The molecule has 0 fully saturated rings. The van der Waals surface area contributed by atoms with Crippen molar-refractivity contribution in [2.75, 3.05) is 17.7 Å². The van der Waals surface area contributed by atoms with E-state index >= 15 is 0 Å². The smallest absolute Gasteiger partial charge is 0.339 e. The van der Waals surface area contributed by atoms with Crippen LogP contribution in [0.3, 0.4) is 0 Å². The van der Waals surface area contributed by atoms with Crippen LogP contribution >= 0.6 is 11.8 Å². The molecule has 0 saturated heterocycles. The van der Waals surface area contributed by atoms with Crippen LogP contribution in [0.1, 0.15) is 21.5 Å². The van der Waals surface area contributed by atoms with Crippen molar-refractivity contribution in [1.82, 2.24) is 4.98 Å². The average molecular weight is 482 g/mol. The number of ether oxygens (including phenoxy) is 1. The summed E-state index contributed by atoms with van der Waals surface area (Å²) >= 11 is 1.32. The number of aromatic nitrogens is 1. The molecule has 1 heterocycles. The van der Waals surface area contributed by atoms with Gasteiger partial charge in [-0.2, -0.15) is 5.26 Å². The summed E-state index contributed by atoms with van der Waals surface area (Å²) in [5.41, 5.74) is 5.39. The van der Waals surface area contributed by atoms with E-state index in [9.17, 15) is 9.59 Å². The largest absolute Gasteiger partial charge is 0.452 e. The number of carbonyl (C=O) groups excluding carboxylic acids is 2. The molecule has 6 nitrogen and oxygen atoms in total. The zero-order valence-electron chi connectivity index (χ0n) is 19.4. The third-order valence-corrected chi connectivity index (χ3v) is 6.32. The molecule has 1 N–H and O–H groups in total. The van der Waals surface area contributed by atoms with Gasteiger partial charge in [-0.05, 0) is 43.7 Å². The minimum atomic E-state index is -0.600. The van der Waals surface area contributed by atoms with E-state index in [0.29, 0.717) is 27.8 Å². The molecule has 7 heteroatoms. The lowest BCUT2D eigenvalue weighted by Crippen LogP contribution is -2.21. The van der Waals surface area contributed by atoms with Crippen LogP contribution in [0, 0.1) is 25.2 Å². The number of benzene rings is 3. The van der Waals surface area contributed by atoms with E-state index in [1.54, 1.807) is 18.2 Å². The Balaban J connectivity index is 1.55. The zero-order valence-corrected chi connectivity index (χ0v) is 20.2. The molecule has 174 valence electrons. The van der Waals surface area contributed by atoms with Crippen LogP contribution in [-0.4, -0.2) is 29.2 Å². The van der Waals surface area contributed by atoms with Crippen LogP contribution in [0.5, 0.6) is 0 Å². The standard InChI is InChI=1S/C28H23N3O3S/c1-18-11-12-20(19(2)15-18)25-16-22(21-7-3-4-8-23(21)30-25)28(33)34-17-27(32)31-24-9-5-6-10-26(24)35-14-13-29/h3-12,15-16H,14,17H2,1-2H3,(H,31,32). The van der Waals surface area contributed by atoms with Crippen LogP contribution in [0.2, 0.25) is 0 Å². The highest BCUT2D eigenvalue weighted by Gasteiger charge is 2.18. The Morgan fingerprint density at radius 3 is 2.60 bits per heavy atom. The molecule has 0 radical (unpaired) electrons. The number of carbonyl (C=O) groups is 2. The Kier molecular flexibility index (Phi) is 7.44. The van der Waals surface area contributed by atoms with Crippen LogP contribution in [0.25, 0.3) is 22.2 Å². The van der Waals surface area contributed by atoms with Crippen molar-refractivity contribution in [1.29, 1.82) is 5.26 Å². The molecular formula is C28H23N3O3S. The number of pyridine rings is 1. The maximum absolute atomic E-state index is 13.1. The van der Waals surface area contributed by atoms with E-state index in [2.05, 4.69) is 17.5 Å². The fourth-order valence-electron chi connectivity index (χ4n) is 3.78. The second-order valence-electron chi connectivity index (χ2n) is 7.96. The van der Waals surface area contributed by atoms with Crippen molar-refractivity contribution in [3.8, 4) is 17.3 Å². The van der Waals surface area contributed by atoms with Crippen LogP contribution in [0.15, 0.2) is 77.7 Å². The number of thioether (sulfide) groups is 1. The van der Waals surface area contributed by atoms with Crippen LogP contribution in [-0.2, 0) is 9.53 Å². The van der Waals surface area contributed by atoms with Gasteiger partial charge in [-0.15, -0.1) is 11.8 Å². The van der Waals surface area contributed by atoms with Crippen LogP contribution in [0.4, 0.5) is 5.69 Å². The lowest BCUT2D eigenvalue weighted by atomic mass is 9.99. The lowest BCUT2D eigenvalue weighted by Gasteiger charge is -2.12. The van der Waals surface area contributed by atoms with E-state index < -0.39 is 18.5 Å². The molecule has 4 rings (SSSR count). The summed E-state index contributed by atoms with van der Waals surface area (Å²) in [6.45, 7) is 3.60. The van der Waals surface area contributed by atoms with Crippen molar-refractivity contribution in [2.24, 2.45) is 0 Å². The second kappa shape index (κ2) is 10.9. The highest BCUT2D eigenvalue weighted by molar-refractivity contribution is 7.99.